The molecular weight excluding hydrogens is 356 g/mol. The van der Waals surface area contributed by atoms with Crippen molar-refractivity contribution in [3.8, 4) is 0 Å². The summed E-state index contributed by atoms with van der Waals surface area (Å²) >= 11 is 1.82. The molecule has 0 bridgehead atoms. The van der Waals surface area contributed by atoms with Gasteiger partial charge in [-0.05, 0) is 51.1 Å². The van der Waals surface area contributed by atoms with E-state index in [0.29, 0.717) is 12.5 Å². The molecule has 1 amide bonds. The lowest BCUT2D eigenvalue weighted by Gasteiger charge is -2.44. The molecule has 27 heavy (non-hydrogen) atoms. The molecule has 0 aromatic heterocycles. The Kier molecular flexibility index (Phi) is 5.62. The lowest BCUT2D eigenvalue weighted by atomic mass is 9.90. The molecule has 2 fully saturated rings. The number of nitrogens with zero attached hydrogens (tertiary/aromatic N) is 2. The Hall–Kier alpha value is -1.30. The van der Waals surface area contributed by atoms with E-state index in [4.69, 9.17) is 0 Å². The van der Waals surface area contributed by atoms with Crippen LogP contribution >= 0.6 is 11.8 Å². The Morgan fingerprint density at radius 1 is 1.30 bits per heavy atom. The highest BCUT2D eigenvalue weighted by Crippen LogP contribution is 2.51. The van der Waals surface area contributed by atoms with Crippen LogP contribution in [0.1, 0.15) is 51.5 Å². The number of benzene rings is 1. The molecule has 4 nitrogen and oxygen atoms in total. The predicted octanol–water partition coefficient (Wildman–Crippen LogP) is 3.96. The number of hydrogen-bond acceptors (Lipinski definition) is 4. The molecule has 2 saturated heterocycles. The van der Waals surface area contributed by atoms with Gasteiger partial charge in [0.15, 0.2) is 0 Å². The smallest absolute Gasteiger partial charge is 0.236 e. The first-order chi connectivity index (χ1) is 13.1. The molecule has 0 saturated carbocycles. The van der Waals surface area contributed by atoms with Crippen molar-refractivity contribution in [1.29, 1.82) is 0 Å². The molecule has 4 atom stereocenters. The SMILES string of the molecule is CC[C@H](O)[C@@H]1C(=O)N2C(C)=C(CCC3CCCN3Cc3ccccc3)S[C@H]12. The van der Waals surface area contributed by atoms with E-state index in [1.807, 2.05) is 23.6 Å². The van der Waals surface area contributed by atoms with Crippen molar-refractivity contribution in [1.82, 2.24) is 9.80 Å². The first-order valence-electron chi connectivity index (χ1n) is 10.3. The number of fused-ring (bicyclic) bond motifs is 1. The van der Waals surface area contributed by atoms with Gasteiger partial charge in [-0.15, -0.1) is 11.8 Å². The standard InChI is InChI=1S/C22H30N2O2S/c1-3-18(25)20-21(26)24-15(2)19(27-22(20)24)12-11-17-10-7-13-23(17)14-16-8-5-4-6-9-16/h4-6,8-9,17-18,20,22,25H,3,7,10-14H2,1-2H3/t17?,18-,20+,22+/m0/s1. The Labute approximate surface area is 166 Å². The number of likely N-dealkylation sites (tertiary alicyclic amines) is 1. The Morgan fingerprint density at radius 3 is 2.81 bits per heavy atom. The second-order valence-corrected chi connectivity index (χ2v) is 9.23. The quantitative estimate of drug-likeness (QED) is 0.720. The lowest BCUT2D eigenvalue weighted by Crippen LogP contribution is -2.60. The summed E-state index contributed by atoms with van der Waals surface area (Å²) in [5.74, 6) is -0.102. The highest BCUT2D eigenvalue weighted by molar-refractivity contribution is 8.04. The fourth-order valence-corrected chi connectivity index (χ4v) is 6.34. The molecule has 1 N–H and O–H groups in total. The molecule has 4 rings (SSSR count). The summed E-state index contributed by atoms with van der Waals surface area (Å²) in [5.41, 5.74) is 2.52. The highest BCUT2D eigenvalue weighted by atomic mass is 32.2. The maximum Gasteiger partial charge on any atom is 0.236 e. The summed E-state index contributed by atoms with van der Waals surface area (Å²) in [5, 5.41) is 10.3. The number of hydrogen-bond donors (Lipinski definition) is 1. The van der Waals surface area contributed by atoms with E-state index in [1.165, 1.54) is 29.9 Å². The van der Waals surface area contributed by atoms with Crippen LogP contribution in [-0.2, 0) is 11.3 Å². The lowest BCUT2D eigenvalue weighted by molar-refractivity contribution is -0.153. The minimum atomic E-state index is -0.505. The second kappa shape index (κ2) is 7.98. The molecule has 0 radical (unpaired) electrons. The Bertz CT molecular complexity index is 720. The van der Waals surface area contributed by atoms with Crippen LogP contribution in [0.2, 0.25) is 0 Å². The van der Waals surface area contributed by atoms with Crippen molar-refractivity contribution >= 4 is 17.7 Å². The van der Waals surface area contributed by atoms with Crippen molar-refractivity contribution in [2.24, 2.45) is 5.92 Å². The van der Waals surface area contributed by atoms with Crippen molar-refractivity contribution in [3.63, 3.8) is 0 Å². The number of aliphatic hydroxyl groups is 1. The number of carbonyl (C=O) groups excluding carboxylic acids is 1. The summed E-state index contributed by atoms with van der Waals surface area (Å²) < 4.78 is 0. The van der Waals surface area contributed by atoms with E-state index in [2.05, 4.69) is 42.2 Å². The van der Waals surface area contributed by atoms with Crippen LogP contribution in [-0.4, -0.2) is 44.9 Å². The summed E-state index contributed by atoms with van der Waals surface area (Å²) in [4.78, 5) is 18.3. The van der Waals surface area contributed by atoms with Crippen LogP contribution in [0.15, 0.2) is 40.9 Å². The van der Waals surface area contributed by atoms with E-state index in [0.717, 1.165) is 25.1 Å². The van der Waals surface area contributed by atoms with Gasteiger partial charge in [0.2, 0.25) is 5.91 Å². The van der Waals surface area contributed by atoms with Gasteiger partial charge in [0, 0.05) is 23.2 Å². The zero-order chi connectivity index (χ0) is 19.0. The minimum Gasteiger partial charge on any atom is -0.392 e. The van der Waals surface area contributed by atoms with E-state index < -0.39 is 6.10 Å². The number of thioether (sulfide) groups is 1. The van der Waals surface area contributed by atoms with Crippen molar-refractivity contribution in [3.05, 3.63) is 46.5 Å². The summed E-state index contributed by atoms with van der Waals surface area (Å²) in [7, 11) is 0. The van der Waals surface area contributed by atoms with Crippen LogP contribution in [0.4, 0.5) is 0 Å². The van der Waals surface area contributed by atoms with Crippen LogP contribution in [0.25, 0.3) is 0 Å². The zero-order valence-electron chi connectivity index (χ0n) is 16.3. The van der Waals surface area contributed by atoms with Crippen LogP contribution in [0, 0.1) is 5.92 Å². The first kappa shape index (κ1) is 19.0. The van der Waals surface area contributed by atoms with Crippen molar-refractivity contribution in [2.45, 2.75) is 70.0 Å². The number of rotatable bonds is 7. The van der Waals surface area contributed by atoms with Crippen LogP contribution in [0.5, 0.6) is 0 Å². The minimum absolute atomic E-state index is 0.112. The third-order valence-corrected chi connectivity index (χ3v) is 7.91. The number of aliphatic hydroxyl groups excluding tert-OH is 1. The maximum absolute atomic E-state index is 12.4. The van der Waals surface area contributed by atoms with Crippen molar-refractivity contribution < 1.29 is 9.90 Å². The van der Waals surface area contributed by atoms with Gasteiger partial charge in [-0.3, -0.25) is 9.69 Å². The monoisotopic (exact) mass is 386 g/mol. The van der Waals surface area contributed by atoms with Gasteiger partial charge in [-0.2, -0.15) is 0 Å². The molecule has 1 aromatic rings. The van der Waals surface area contributed by atoms with Gasteiger partial charge in [0.05, 0.1) is 12.0 Å². The molecule has 146 valence electrons. The third-order valence-electron chi connectivity index (χ3n) is 6.38. The largest absolute Gasteiger partial charge is 0.392 e. The van der Waals surface area contributed by atoms with Gasteiger partial charge in [-0.1, -0.05) is 37.3 Å². The van der Waals surface area contributed by atoms with Gasteiger partial charge in [0.25, 0.3) is 0 Å². The van der Waals surface area contributed by atoms with E-state index in [-0.39, 0.29) is 17.2 Å². The van der Waals surface area contributed by atoms with Crippen molar-refractivity contribution in [2.75, 3.05) is 6.54 Å². The van der Waals surface area contributed by atoms with E-state index >= 15 is 0 Å². The fraction of sp³-hybridized carbons (Fsp3) is 0.591. The van der Waals surface area contributed by atoms with Gasteiger partial charge in [0.1, 0.15) is 5.37 Å². The average molecular weight is 387 g/mol. The number of amides is 1. The third kappa shape index (κ3) is 3.57. The maximum atomic E-state index is 12.4. The molecule has 5 heteroatoms. The number of β-lactam (4-membered cyclic amide) rings is 1. The molecule has 0 aliphatic carbocycles. The molecule has 3 aliphatic rings. The average Bonchev–Trinajstić information content (AvgIpc) is 3.22. The number of allylic oxidation sites excluding steroid dienone is 2. The molecular formula is C22H30N2O2S. The number of carbonyl (C=O) groups is 1. The molecule has 0 spiro atoms. The molecule has 3 heterocycles. The van der Waals surface area contributed by atoms with Crippen LogP contribution in [0.3, 0.4) is 0 Å². The second-order valence-electron chi connectivity index (χ2n) is 8.02. The normalized spacial score (nSPS) is 29.2. The molecule has 3 aliphatic heterocycles. The molecule has 1 aromatic carbocycles. The van der Waals surface area contributed by atoms with Crippen LogP contribution < -0.4 is 0 Å². The molecule has 1 unspecified atom stereocenters. The predicted molar refractivity (Wildman–Crippen MR) is 110 cm³/mol. The van der Waals surface area contributed by atoms with Gasteiger partial charge < -0.3 is 10.0 Å². The van der Waals surface area contributed by atoms with E-state index in [9.17, 15) is 9.90 Å². The first-order valence-corrected chi connectivity index (χ1v) is 11.1. The zero-order valence-corrected chi connectivity index (χ0v) is 17.1. The summed E-state index contributed by atoms with van der Waals surface area (Å²) in [6.45, 7) is 6.24. The van der Waals surface area contributed by atoms with E-state index in [1.54, 1.807) is 0 Å². The Balaban J connectivity index is 1.35. The summed E-state index contributed by atoms with van der Waals surface area (Å²) in [6, 6.07) is 11.4. The van der Waals surface area contributed by atoms with Gasteiger partial charge in [-0.25, -0.2) is 0 Å². The van der Waals surface area contributed by atoms with Gasteiger partial charge >= 0.3 is 0 Å². The summed E-state index contributed by atoms with van der Waals surface area (Å²) in [6.07, 6.45) is 4.89. The fourth-order valence-electron chi connectivity index (χ4n) is 4.73. The highest BCUT2D eigenvalue weighted by Gasteiger charge is 2.55. The topological polar surface area (TPSA) is 43.8 Å². The Morgan fingerprint density at radius 2 is 2.07 bits per heavy atom.